The summed E-state index contributed by atoms with van der Waals surface area (Å²) in [4.78, 5) is 11.9. The third-order valence-electron chi connectivity index (χ3n) is 3.87. The first kappa shape index (κ1) is 18.8. The summed E-state index contributed by atoms with van der Waals surface area (Å²) in [6, 6.07) is -0.114. The molecule has 1 amide bonds. The summed E-state index contributed by atoms with van der Waals surface area (Å²) in [7, 11) is 0. The smallest absolute Gasteiger partial charge is 0.236 e. The molecule has 0 aliphatic heterocycles. The number of carbonyl (C=O) groups is 1. The molecule has 4 heteroatoms. The highest BCUT2D eigenvalue weighted by Crippen LogP contribution is 2.29. The third kappa shape index (κ3) is 7.21. The first-order valence-electron chi connectivity index (χ1n) is 7.47. The predicted molar refractivity (Wildman–Crippen MR) is 86.8 cm³/mol. The minimum absolute atomic E-state index is 0.114. The van der Waals surface area contributed by atoms with Crippen LogP contribution in [-0.2, 0) is 4.79 Å². The van der Waals surface area contributed by atoms with E-state index >= 15 is 0 Å². The molecule has 0 aromatic heterocycles. The van der Waals surface area contributed by atoms with Crippen molar-refractivity contribution in [3.8, 4) is 0 Å². The van der Waals surface area contributed by atoms with E-state index < -0.39 is 0 Å². The average Bonchev–Trinajstić information content (AvgIpc) is 2.40. The summed E-state index contributed by atoms with van der Waals surface area (Å²) >= 11 is 1.90. The molecule has 0 saturated heterocycles. The zero-order valence-corrected chi connectivity index (χ0v) is 14.3. The summed E-state index contributed by atoms with van der Waals surface area (Å²) in [5, 5.41) is 6.38. The number of thioether (sulfide) groups is 1. The molecule has 0 bridgehead atoms. The first-order chi connectivity index (χ1) is 8.90. The average molecular weight is 289 g/mol. The van der Waals surface area contributed by atoms with Crippen LogP contribution in [-0.4, -0.2) is 36.0 Å². The molecule has 0 saturated carbocycles. The Morgan fingerprint density at radius 2 is 1.79 bits per heavy atom. The topological polar surface area (TPSA) is 41.1 Å². The summed E-state index contributed by atoms with van der Waals surface area (Å²) in [6.45, 7) is 12.4. The van der Waals surface area contributed by atoms with Crippen LogP contribution >= 0.6 is 11.8 Å². The van der Waals surface area contributed by atoms with Gasteiger partial charge < -0.3 is 10.6 Å². The predicted octanol–water partition coefficient (Wildman–Crippen LogP) is 3.05. The molecular formula is C15H32N2OS. The maximum absolute atomic E-state index is 11.9. The summed E-state index contributed by atoms with van der Waals surface area (Å²) in [6.07, 6.45) is 5.44. The van der Waals surface area contributed by atoms with Gasteiger partial charge in [-0.15, -0.1) is 0 Å². The Labute approximate surface area is 123 Å². The van der Waals surface area contributed by atoms with Crippen LogP contribution in [0.4, 0.5) is 0 Å². The summed E-state index contributed by atoms with van der Waals surface area (Å²) in [5.41, 5.74) is 0. The molecular weight excluding hydrogens is 256 g/mol. The van der Waals surface area contributed by atoms with Gasteiger partial charge in [-0.05, 0) is 38.4 Å². The molecule has 0 heterocycles. The van der Waals surface area contributed by atoms with E-state index in [2.05, 4.69) is 44.6 Å². The Balaban J connectivity index is 4.08. The molecule has 0 fully saturated rings. The van der Waals surface area contributed by atoms with Crippen molar-refractivity contribution in [1.29, 1.82) is 0 Å². The van der Waals surface area contributed by atoms with Crippen molar-refractivity contribution in [2.24, 2.45) is 5.92 Å². The van der Waals surface area contributed by atoms with Gasteiger partial charge in [-0.25, -0.2) is 0 Å². The molecule has 0 aliphatic carbocycles. The molecule has 3 nitrogen and oxygen atoms in total. The molecule has 1 atom stereocenters. The molecule has 1 unspecified atom stereocenters. The quantitative estimate of drug-likeness (QED) is 0.649. The van der Waals surface area contributed by atoms with Gasteiger partial charge >= 0.3 is 0 Å². The van der Waals surface area contributed by atoms with Crippen molar-refractivity contribution in [2.75, 3.05) is 19.3 Å². The minimum atomic E-state index is -0.114. The van der Waals surface area contributed by atoms with Gasteiger partial charge in [0.1, 0.15) is 0 Å². The highest BCUT2D eigenvalue weighted by atomic mass is 32.2. The van der Waals surface area contributed by atoms with Gasteiger partial charge in [0.2, 0.25) is 5.91 Å². The number of hydrogen-bond donors (Lipinski definition) is 2. The van der Waals surface area contributed by atoms with E-state index in [4.69, 9.17) is 0 Å². The van der Waals surface area contributed by atoms with E-state index in [0.717, 1.165) is 32.4 Å². The maximum Gasteiger partial charge on any atom is 0.236 e. The fourth-order valence-corrected chi connectivity index (χ4v) is 2.73. The van der Waals surface area contributed by atoms with Gasteiger partial charge in [-0.1, -0.05) is 27.7 Å². The molecule has 114 valence electrons. The fraction of sp³-hybridized carbons (Fsp3) is 0.933. The summed E-state index contributed by atoms with van der Waals surface area (Å²) in [5.74, 6) is 0.746. The lowest BCUT2D eigenvalue weighted by atomic mass is 10.0. The van der Waals surface area contributed by atoms with Gasteiger partial charge in [-0.3, -0.25) is 4.79 Å². The first-order valence-corrected chi connectivity index (χ1v) is 8.69. The minimum Gasteiger partial charge on any atom is -0.355 e. The second-order valence-electron chi connectivity index (χ2n) is 5.67. The van der Waals surface area contributed by atoms with E-state index in [1.807, 2.05) is 18.7 Å². The summed E-state index contributed by atoms with van der Waals surface area (Å²) < 4.78 is 0.256. The van der Waals surface area contributed by atoms with E-state index in [1.165, 1.54) is 0 Å². The van der Waals surface area contributed by atoms with Crippen LogP contribution in [0.15, 0.2) is 0 Å². The third-order valence-corrected chi connectivity index (χ3v) is 5.45. The fourth-order valence-electron chi connectivity index (χ4n) is 1.93. The number of hydrogen-bond acceptors (Lipinski definition) is 3. The number of nitrogens with one attached hydrogen (secondary N) is 2. The maximum atomic E-state index is 11.9. The van der Waals surface area contributed by atoms with Gasteiger partial charge in [0.05, 0.1) is 6.04 Å². The Hall–Kier alpha value is -0.220. The van der Waals surface area contributed by atoms with Gasteiger partial charge in [0.15, 0.2) is 0 Å². The Kier molecular flexibility index (Phi) is 9.54. The Bertz CT molecular complexity index is 244. The van der Waals surface area contributed by atoms with Crippen LogP contribution in [0, 0.1) is 5.92 Å². The zero-order chi connectivity index (χ0) is 14.9. The lowest BCUT2D eigenvalue weighted by molar-refractivity contribution is -0.122. The van der Waals surface area contributed by atoms with Crippen molar-refractivity contribution >= 4 is 17.7 Å². The van der Waals surface area contributed by atoms with E-state index in [-0.39, 0.29) is 16.7 Å². The second kappa shape index (κ2) is 9.65. The molecule has 19 heavy (non-hydrogen) atoms. The zero-order valence-electron chi connectivity index (χ0n) is 13.5. The molecule has 0 aromatic rings. The van der Waals surface area contributed by atoms with E-state index in [9.17, 15) is 4.79 Å². The molecule has 0 aliphatic rings. The monoisotopic (exact) mass is 288 g/mol. The highest BCUT2D eigenvalue weighted by molar-refractivity contribution is 8.00. The number of amides is 1. The number of rotatable bonds is 10. The highest BCUT2D eigenvalue weighted by Gasteiger charge is 2.26. The van der Waals surface area contributed by atoms with Crippen LogP contribution in [0.2, 0.25) is 0 Å². The molecule has 0 spiro atoms. The largest absolute Gasteiger partial charge is 0.355 e. The van der Waals surface area contributed by atoms with E-state index in [0.29, 0.717) is 5.92 Å². The Morgan fingerprint density at radius 3 is 2.21 bits per heavy atom. The Morgan fingerprint density at radius 1 is 1.21 bits per heavy atom. The van der Waals surface area contributed by atoms with Crippen LogP contribution in [0.3, 0.4) is 0 Å². The van der Waals surface area contributed by atoms with Gasteiger partial charge in [0, 0.05) is 17.8 Å². The van der Waals surface area contributed by atoms with Crippen molar-refractivity contribution in [3.05, 3.63) is 0 Å². The lowest BCUT2D eigenvalue weighted by Gasteiger charge is -2.31. The number of carbonyl (C=O) groups excluding carboxylic acids is 1. The SMILES string of the molecule is CCC(CC)(CNC(C)C(=O)NCCC(C)C)SC. The molecule has 0 radical (unpaired) electrons. The molecule has 0 aromatic carbocycles. The van der Waals surface area contributed by atoms with Crippen molar-refractivity contribution < 1.29 is 4.79 Å². The van der Waals surface area contributed by atoms with E-state index in [1.54, 1.807) is 0 Å². The van der Waals surface area contributed by atoms with Crippen molar-refractivity contribution in [1.82, 2.24) is 10.6 Å². The molecule has 2 N–H and O–H groups in total. The second-order valence-corrected chi connectivity index (χ2v) is 6.94. The molecule has 0 rings (SSSR count). The van der Waals surface area contributed by atoms with Crippen LogP contribution < -0.4 is 10.6 Å². The van der Waals surface area contributed by atoms with Crippen LogP contribution in [0.25, 0.3) is 0 Å². The van der Waals surface area contributed by atoms with Crippen LogP contribution in [0.1, 0.15) is 53.9 Å². The van der Waals surface area contributed by atoms with Crippen molar-refractivity contribution in [3.63, 3.8) is 0 Å². The van der Waals surface area contributed by atoms with Gasteiger partial charge in [-0.2, -0.15) is 11.8 Å². The van der Waals surface area contributed by atoms with Gasteiger partial charge in [0.25, 0.3) is 0 Å². The van der Waals surface area contributed by atoms with Crippen molar-refractivity contribution in [2.45, 2.75) is 64.7 Å². The standard InChI is InChI=1S/C15H32N2OS/c1-7-15(8-2,19-6)11-17-13(5)14(18)16-10-9-12(3)4/h12-13,17H,7-11H2,1-6H3,(H,16,18). The lowest BCUT2D eigenvalue weighted by Crippen LogP contribution is -2.47. The van der Waals surface area contributed by atoms with Crippen LogP contribution in [0.5, 0.6) is 0 Å². The normalized spacial score (nSPS) is 13.6.